The third kappa shape index (κ3) is 10.9. The van der Waals surface area contributed by atoms with Gasteiger partial charge in [-0.2, -0.15) is 0 Å². The average molecular weight is 953 g/mol. The van der Waals surface area contributed by atoms with Gasteiger partial charge in [0.15, 0.2) is 11.5 Å². The molecule has 8 rings (SSSR count). The van der Waals surface area contributed by atoms with E-state index < -0.39 is 24.1 Å². The molecule has 2 aromatic heterocycles. The van der Waals surface area contributed by atoms with E-state index in [1.165, 1.54) is 14.1 Å². The van der Waals surface area contributed by atoms with Crippen LogP contribution in [0.2, 0.25) is 0 Å². The predicted molar refractivity (Wildman–Crippen MR) is 263 cm³/mol. The minimum Gasteiger partial charge on any atom is -0.487 e. The Balaban J connectivity index is 1.06. The molecule has 18 heteroatoms. The van der Waals surface area contributed by atoms with E-state index in [2.05, 4.69) is 31.2 Å². The van der Waals surface area contributed by atoms with E-state index in [4.69, 9.17) is 28.9 Å². The Morgan fingerprint density at radius 2 is 1.03 bits per heavy atom. The van der Waals surface area contributed by atoms with Crippen LogP contribution in [0.25, 0.3) is 33.6 Å². The summed E-state index contributed by atoms with van der Waals surface area (Å²) >= 11 is 0. The van der Waals surface area contributed by atoms with Gasteiger partial charge in [-0.05, 0) is 60.1 Å². The number of H-pyrrole nitrogens is 2. The van der Waals surface area contributed by atoms with E-state index in [1.54, 1.807) is 36.4 Å². The number of nitrogens with zero attached hydrogens (tertiary/aromatic N) is 4. The molecule has 2 fully saturated rings. The zero-order chi connectivity index (χ0) is 49.0. The van der Waals surface area contributed by atoms with E-state index in [1.807, 2.05) is 97.1 Å². The van der Waals surface area contributed by atoms with Crippen LogP contribution in [0.4, 0.5) is 9.59 Å². The Bertz CT molecular complexity index is 2710. The van der Waals surface area contributed by atoms with E-state index >= 15 is 0 Å². The van der Waals surface area contributed by atoms with Gasteiger partial charge in [0, 0.05) is 52.5 Å². The molecule has 4 heterocycles. The molecule has 18 nitrogen and oxygen atoms in total. The Hall–Kier alpha value is -7.70. The van der Waals surface area contributed by atoms with E-state index in [-0.39, 0.29) is 37.1 Å². The molecule has 4 unspecified atom stereocenters. The van der Waals surface area contributed by atoms with E-state index in [9.17, 15) is 19.2 Å². The molecule has 6 aromatic rings. The first kappa shape index (κ1) is 48.7. The molecule has 0 bridgehead atoms. The number of hydrogen-bond acceptors (Lipinski definition) is 10. The molecule has 70 heavy (non-hydrogen) atoms. The number of urea groups is 2. The Morgan fingerprint density at radius 1 is 0.586 bits per heavy atom. The summed E-state index contributed by atoms with van der Waals surface area (Å²) in [5.41, 5.74) is 6.07. The lowest BCUT2D eigenvalue weighted by Crippen LogP contribution is -2.45. The van der Waals surface area contributed by atoms with Crippen molar-refractivity contribution in [3.63, 3.8) is 0 Å². The number of aromatic nitrogens is 4. The number of aromatic amines is 2. The Morgan fingerprint density at radius 3 is 1.51 bits per heavy atom. The van der Waals surface area contributed by atoms with Gasteiger partial charge in [-0.15, -0.1) is 0 Å². The van der Waals surface area contributed by atoms with E-state index in [0.29, 0.717) is 78.3 Å². The number of likely N-dealkylation sites (tertiary alicyclic amines) is 2. The van der Waals surface area contributed by atoms with Crippen LogP contribution in [0.3, 0.4) is 0 Å². The number of amides is 6. The number of nitrogens with one attached hydrogen (secondary N) is 6. The molecule has 2 saturated heterocycles. The zero-order valence-corrected chi connectivity index (χ0v) is 39.8. The zero-order valence-electron chi connectivity index (χ0n) is 39.8. The number of benzene rings is 4. The number of hydrogen-bond donors (Lipinski definition) is 6. The van der Waals surface area contributed by atoms with Crippen molar-refractivity contribution in [1.82, 2.24) is 51.0 Å². The SMILES string of the molecule is CNC(=O)NC(C(=O)N1CCCC1c1ncc(-c2ccc(-c3ccc(-c4cnc(C5CCCN5C(=O)C(NC(=O)NC)c5ccccc5)[nH]4)c(OCCOC)c3OCCOC)cc2)[nH]1)c1ccccc1. The number of ether oxygens (including phenoxy) is 4. The lowest BCUT2D eigenvalue weighted by Gasteiger charge is -2.28. The van der Waals surface area contributed by atoms with Crippen molar-refractivity contribution < 1.29 is 38.1 Å². The first-order chi connectivity index (χ1) is 34.2. The number of carbonyl (C=O) groups is 4. The molecular weight excluding hydrogens is 893 g/mol. The van der Waals surface area contributed by atoms with Crippen LogP contribution in [-0.2, 0) is 19.1 Å². The van der Waals surface area contributed by atoms with Crippen LogP contribution in [0.15, 0.2) is 109 Å². The maximum Gasteiger partial charge on any atom is 0.315 e. The van der Waals surface area contributed by atoms with Gasteiger partial charge >= 0.3 is 12.1 Å². The molecule has 4 aromatic carbocycles. The fraction of sp³-hybridized carbons (Fsp3) is 0.346. The van der Waals surface area contributed by atoms with Crippen molar-refractivity contribution in [3.05, 3.63) is 132 Å². The number of rotatable bonds is 19. The highest BCUT2D eigenvalue weighted by molar-refractivity contribution is 5.90. The molecular formula is C52H60N10O8. The largest absolute Gasteiger partial charge is 0.487 e. The topological polar surface area (TPSA) is 217 Å². The monoisotopic (exact) mass is 952 g/mol. The first-order valence-corrected chi connectivity index (χ1v) is 23.5. The molecule has 2 aliphatic heterocycles. The minimum atomic E-state index is -0.887. The van der Waals surface area contributed by atoms with Crippen LogP contribution in [-0.4, -0.2) is 121 Å². The van der Waals surface area contributed by atoms with Crippen LogP contribution in [0.1, 0.15) is 72.6 Å². The van der Waals surface area contributed by atoms with Gasteiger partial charge in [0.25, 0.3) is 0 Å². The highest BCUT2D eigenvalue weighted by Crippen LogP contribution is 2.46. The second-order valence-electron chi connectivity index (χ2n) is 17.0. The van der Waals surface area contributed by atoms with Crippen molar-refractivity contribution in [2.24, 2.45) is 0 Å². The molecule has 6 amide bonds. The van der Waals surface area contributed by atoms with Crippen LogP contribution >= 0.6 is 0 Å². The van der Waals surface area contributed by atoms with Gasteiger partial charge in [0.2, 0.25) is 11.8 Å². The smallest absolute Gasteiger partial charge is 0.315 e. The normalized spacial score (nSPS) is 16.3. The van der Waals surface area contributed by atoms with Gasteiger partial charge in [0.05, 0.1) is 49.1 Å². The fourth-order valence-corrected chi connectivity index (χ4v) is 9.10. The molecule has 0 aliphatic carbocycles. The molecule has 6 N–H and O–H groups in total. The lowest BCUT2D eigenvalue weighted by atomic mass is 9.98. The van der Waals surface area contributed by atoms with Crippen LogP contribution < -0.4 is 30.7 Å². The summed E-state index contributed by atoms with van der Waals surface area (Å²) in [6, 6.07) is 27.1. The number of methoxy groups -OCH3 is 2. The third-order valence-corrected chi connectivity index (χ3v) is 12.6. The summed E-state index contributed by atoms with van der Waals surface area (Å²) in [6.07, 6.45) is 6.49. The summed E-state index contributed by atoms with van der Waals surface area (Å²) < 4.78 is 23.8. The van der Waals surface area contributed by atoms with Crippen molar-refractivity contribution in [3.8, 4) is 45.1 Å². The summed E-state index contributed by atoms with van der Waals surface area (Å²) in [5, 5.41) is 10.8. The number of carbonyl (C=O) groups excluding carboxylic acids is 4. The van der Waals surface area contributed by atoms with Gasteiger partial charge in [-0.3, -0.25) is 9.59 Å². The standard InChI is InChI=1S/C52H60N10O8/c1-53-51(65)59-43(35-13-7-5-8-14-35)49(63)61-25-11-17-41(61)47-55-31-39(57-47)34-21-19-33(20-22-34)37-23-24-38(46(70-30-28-68-4)45(37)69-29-27-67-3)40-32-56-48(58-40)42-18-12-26-62(42)50(64)44(60-52(66)54-2)36-15-9-6-10-16-36/h5-10,13-16,19-24,31-32,41-44H,11-12,17-18,25-30H2,1-4H3,(H,55,57)(H,56,58)(H2,53,59,65)(H2,54,60,66). The maximum atomic E-state index is 14.2. The van der Waals surface area contributed by atoms with Crippen LogP contribution in [0, 0.1) is 0 Å². The quantitative estimate of drug-likeness (QED) is 0.0464. The van der Waals surface area contributed by atoms with Crippen LogP contribution in [0.5, 0.6) is 11.5 Å². The maximum absolute atomic E-state index is 14.2. The van der Waals surface area contributed by atoms with Gasteiger partial charge in [0.1, 0.15) is 36.9 Å². The van der Waals surface area contributed by atoms with Crippen molar-refractivity contribution in [2.75, 3.05) is 67.8 Å². The minimum absolute atomic E-state index is 0.203. The van der Waals surface area contributed by atoms with E-state index in [0.717, 1.165) is 41.6 Å². The third-order valence-electron chi connectivity index (χ3n) is 12.6. The second kappa shape index (κ2) is 23.1. The molecule has 4 atom stereocenters. The second-order valence-corrected chi connectivity index (χ2v) is 17.0. The fourth-order valence-electron chi connectivity index (χ4n) is 9.10. The summed E-state index contributed by atoms with van der Waals surface area (Å²) in [4.78, 5) is 73.5. The highest BCUT2D eigenvalue weighted by Gasteiger charge is 2.38. The van der Waals surface area contributed by atoms with Crippen molar-refractivity contribution in [2.45, 2.75) is 49.9 Å². The van der Waals surface area contributed by atoms with Crippen molar-refractivity contribution in [1.29, 1.82) is 0 Å². The molecule has 0 saturated carbocycles. The van der Waals surface area contributed by atoms with Gasteiger partial charge < -0.3 is 60.0 Å². The summed E-state index contributed by atoms with van der Waals surface area (Å²) in [6.45, 7) is 2.19. The molecule has 0 spiro atoms. The van der Waals surface area contributed by atoms with Crippen molar-refractivity contribution >= 4 is 23.9 Å². The molecule has 2 aliphatic rings. The predicted octanol–water partition coefficient (Wildman–Crippen LogP) is 6.85. The summed E-state index contributed by atoms with van der Waals surface area (Å²) in [7, 11) is 6.27. The Labute approximate surface area is 406 Å². The number of imidazole rings is 2. The van der Waals surface area contributed by atoms with Gasteiger partial charge in [-0.25, -0.2) is 19.6 Å². The highest BCUT2D eigenvalue weighted by atomic mass is 16.5. The Kier molecular flexibility index (Phi) is 16.1. The van der Waals surface area contributed by atoms with Gasteiger partial charge in [-0.1, -0.05) is 84.9 Å². The lowest BCUT2D eigenvalue weighted by molar-refractivity contribution is -0.135. The first-order valence-electron chi connectivity index (χ1n) is 23.5. The molecule has 366 valence electrons. The molecule has 0 radical (unpaired) electrons. The average Bonchev–Trinajstić information content (AvgIpc) is 4.26. The summed E-state index contributed by atoms with van der Waals surface area (Å²) in [5.74, 6) is 1.84.